The van der Waals surface area contributed by atoms with Crippen LogP contribution in [0.2, 0.25) is 0 Å². The van der Waals surface area contributed by atoms with Gasteiger partial charge in [0.05, 0.1) is 6.04 Å². The van der Waals surface area contributed by atoms with Crippen molar-refractivity contribution < 1.29 is 13.6 Å². The van der Waals surface area contributed by atoms with Crippen LogP contribution in [0.3, 0.4) is 0 Å². The number of halogens is 2. The van der Waals surface area contributed by atoms with E-state index in [-0.39, 0.29) is 11.9 Å². The first kappa shape index (κ1) is 12.4. The third-order valence-electron chi connectivity index (χ3n) is 2.84. The van der Waals surface area contributed by atoms with E-state index in [1.807, 2.05) is 6.92 Å². The Bertz CT molecular complexity index is 223. The smallest absolute Gasteiger partial charge is 0.240 e. The molecule has 2 atom stereocenters. The van der Waals surface area contributed by atoms with Gasteiger partial charge in [-0.1, -0.05) is 0 Å². The number of carbonyl (C=O) groups is 1. The first-order chi connectivity index (χ1) is 7.02. The number of nitrogens with zero attached hydrogens (tertiary/aromatic N) is 1. The van der Waals surface area contributed by atoms with E-state index in [1.165, 1.54) is 0 Å². The van der Waals surface area contributed by atoms with E-state index < -0.39 is 18.9 Å². The van der Waals surface area contributed by atoms with Gasteiger partial charge in [0, 0.05) is 19.0 Å². The number of hydrogen-bond donors (Lipinski definition) is 1. The van der Waals surface area contributed by atoms with Crippen molar-refractivity contribution >= 4 is 5.91 Å². The van der Waals surface area contributed by atoms with E-state index in [2.05, 4.69) is 0 Å². The summed E-state index contributed by atoms with van der Waals surface area (Å²) < 4.78 is 24.1. The fourth-order valence-corrected chi connectivity index (χ4v) is 1.93. The molecule has 15 heavy (non-hydrogen) atoms. The van der Waals surface area contributed by atoms with Crippen LogP contribution in [0.5, 0.6) is 0 Å². The Morgan fingerprint density at radius 3 is 2.73 bits per heavy atom. The highest BCUT2D eigenvalue weighted by Gasteiger charge is 2.28. The monoisotopic (exact) mass is 220 g/mol. The molecule has 1 rings (SSSR count). The van der Waals surface area contributed by atoms with Gasteiger partial charge in [-0.25, -0.2) is 8.78 Å². The molecule has 0 aliphatic carbocycles. The molecule has 2 N–H and O–H groups in total. The predicted molar refractivity (Wildman–Crippen MR) is 53.6 cm³/mol. The molecule has 1 aliphatic rings. The molecular weight excluding hydrogens is 202 g/mol. The third-order valence-corrected chi connectivity index (χ3v) is 2.84. The van der Waals surface area contributed by atoms with E-state index in [0.29, 0.717) is 6.54 Å². The van der Waals surface area contributed by atoms with Gasteiger partial charge in [0.15, 0.2) is 0 Å². The lowest BCUT2D eigenvalue weighted by molar-refractivity contribution is -0.136. The molecule has 0 aromatic rings. The highest BCUT2D eigenvalue weighted by atomic mass is 19.3. The molecule has 1 fully saturated rings. The van der Waals surface area contributed by atoms with E-state index in [9.17, 15) is 13.6 Å². The van der Waals surface area contributed by atoms with Crippen molar-refractivity contribution in [3.05, 3.63) is 0 Å². The number of nitrogens with two attached hydrogens (primary N) is 1. The standard InChI is InChI=1S/C10H18F2N2O/c1-7-4-2-3-5-14(7)10(15)8(13)6-9(11)12/h7-9H,2-6,13H2,1H3. The molecular formula is C10H18F2N2O. The summed E-state index contributed by atoms with van der Waals surface area (Å²) in [7, 11) is 0. The Hall–Kier alpha value is -0.710. The Balaban J connectivity index is 2.50. The summed E-state index contributed by atoms with van der Waals surface area (Å²) in [6.07, 6.45) is -0.0779. The maximum absolute atomic E-state index is 12.1. The lowest BCUT2D eigenvalue weighted by atomic mass is 10.0. The quantitative estimate of drug-likeness (QED) is 0.780. The van der Waals surface area contributed by atoms with Crippen LogP contribution in [0, 0.1) is 0 Å². The molecule has 1 aliphatic heterocycles. The average Bonchev–Trinajstić information content (AvgIpc) is 2.16. The topological polar surface area (TPSA) is 46.3 Å². The minimum Gasteiger partial charge on any atom is -0.339 e. The predicted octanol–water partition coefficient (Wildman–Crippen LogP) is 1.37. The van der Waals surface area contributed by atoms with Gasteiger partial charge in [0.25, 0.3) is 0 Å². The van der Waals surface area contributed by atoms with E-state index >= 15 is 0 Å². The summed E-state index contributed by atoms with van der Waals surface area (Å²) in [4.78, 5) is 13.3. The van der Waals surface area contributed by atoms with E-state index in [4.69, 9.17) is 5.73 Å². The van der Waals surface area contributed by atoms with Crippen LogP contribution in [0.25, 0.3) is 0 Å². The van der Waals surface area contributed by atoms with E-state index in [1.54, 1.807) is 4.90 Å². The van der Waals surface area contributed by atoms with Crippen LogP contribution in [0.4, 0.5) is 8.78 Å². The largest absolute Gasteiger partial charge is 0.339 e. The van der Waals surface area contributed by atoms with Gasteiger partial charge in [-0.05, 0) is 26.2 Å². The second-order valence-corrected chi connectivity index (χ2v) is 4.11. The molecule has 0 spiro atoms. The van der Waals surface area contributed by atoms with Gasteiger partial charge < -0.3 is 10.6 Å². The van der Waals surface area contributed by atoms with Gasteiger partial charge in [-0.15, -0.1) is 0 Å². The summed E-state index contributed by atoms with van der Waals surface area (Å²) in [6.45, 7) is 2.59. The summed E-state index contributed by atoms with van der Waals surface area (Å²) in [5.41, 5.74) is 5.44. The maximum atomic E-state index is 12.1. The molecule has 0 saturated carbocycles. The minimum absolute atomic E-state index is 0.134. The summed E-state index contributed by atoms with van der Waals surface area (Å²) in [5.74, 6) is -0.331. The van der Waals surface area contributed by atoms with Crippen molar-refractivity contribution in [1.82, 2.24) is 4.90 Å². The molecule has 0 aromatic carbocycles. The van der Waals surface area contributed by atoms with Crippen LogP contribution in [-0.2, 0) is 4.79 Å². The highest BCUT2D eigenvalue weighted by Crippen LogP contribution is 2.18. The molecule has 1 heterocycles. The summed E-state index contributed by atoms with van der Waals surface area (Å²) in [6, 6.07) is -0.916. The second-order valence-electron chi connectivity index (χ2n) is 4.11. The molecule has 3 nitrogen and oxygen atoms in total. The number of alkyl halides is 2. The van der Waals surface area contributed by atoms with Gasteiger partial charge >= 0.3 is 0 Å². The van der Waals surface area contributed by atoms with Crippen molar-refractivity contribution in [3.8, 4) is 0 Å². The molecule has 1 amide bonds. The van der Waals surface area contributed by atoms with Crippen LogP contribution < -0.4 is 5.73 Å². The normalized spacial score (nSPS) is 24.3. The van der Waals surface area contributed by atoms with Crippen LogP contribution >= 0.6 is 0 Å². The Labute approximate surface area is 88.6 Å². The van der Waals surface area contributed by atoms with Gasteiger partial charge in [-0.2, -0.15) is 0 Å². The zero-order valence-corrected chi connectivity index (χ0v) is 8.96. The Morgan fingerprint density at radius 1 is 1.53 bits per heavy atom. The van der Waals surface area contributed by atoms with Crippen molar-refractivity contribution in [3.63, 3.8) is 0 Å². The molecule has 5 heteroatoms. The SMILES string of the molecule is CC1CCCCN1C(=O)C(N)CC(F)F. The second kappa shape index (κ2) is 5.39. The fraction of sp³-hybridized carbons (Fsp3) is 0.900. The van der Waals surface area contributed by atoms with Crippen molar-refractivity contribution in [2.75, 3.05) is 6.54 Å². The van der Waals surface area contributed by atoms with Crippen LogP contribution in [0.1, 0.15) is 32.6 Å². The number of piperidine rings is 1. The Morgan fingerprint density at radius 2 is 2.20 bits per heavy atom. The van der Waals surface area contributed by atoms with E-state index in [0.717, 1.165) is 19.3 Å². The Kier molecular flexibility index (Phi) is 4.45. The molecule has 0 aromatic heterocycles. The lowest BCUT2D eigenvalue weighted by Gasteiger charge is -2.35. The zero-order chi connectivity index (χ0) is 11.4. The molecule has 0 radical (unpaired) electrons. The maximum Gasteiger partial charge on any atom is 0.240 e. The molecule has 0 bridgehead atoms. The highest BCUT2D eigenvalue weighted by molar-refractivity contribution is 5.82. The molecule has 88 valence electrons. The van der Waals surface area contributed by atoms with Gasteiger partial charge in [0.2, 0.25) is 12.3 Å². The number of likely N-dealkylation sites (tertiary alicyclic amines) is 1. The van der Waals surface area contributed by atoms with Crippen LogP contribution in [-0.4, -0.2) is 35.9 Å². The molecule has 1 saturated heterocycles. The first-order valence-corrected chi connectivity index (χ1v) is 5.36. The van der Waals surface area contributed by atoms with Crippen molar-refractivity contribution in [2.45, 2.75) is 51.1 Å². The minimum atomic E-state index is -2.51. The van der Waals surface area contributed by atoms with Gasteiger partial charge in [0.1, 0.15) is 0 Å². The summed E-state index contributed by atoms with van der Waals surface area (Å²) in [5, 5.41) is 0. The van der Waals surface area contributed by atoms with Crippen molar-refractivity contribution in [2.24, 2.45) is 5.73 Å². The third kappa shape index (κ3) is 3.41. The summed E-state index contributed by atoms with van der Waals surface area (Å²) >= 11 is 0. The lowest BCUT2D eigenvalue weighted by Crippen LogP contribution is -2.50. The first-order valence-electron chi connectivity index (χ1n) is 5.36. The number of rotatable bonds is 3. The van der Waals surface area contributed by atoms with Crippen LogP contribution in [0.15, 0.2) is 0 Å². The fourth-order valence-electron chi connectivity index (χ4n) is 1.93. The number of hydrogen-bond acceptors (Lipinski definition) is 2. The average molecular weight is 220 g/mol. The zero-order valence-electron chi connectivity index (χ0n) is 8.96. The molecule has 2 unspecified atom stereocenters. The number of amides is 1. The number of carbonyl (C=O) groups excluding carboxylic acids is 1. The van der Waals surface area contributed by atoms with Gasteiger partial charge in [-0.3, -0.25) is 4.79 Å². The van der Waals surface area contributed by atoms with Crippen molar-refractivity contribution in [1.29, 1.82) is 0 Å².